The maximum absolute atomic E-state index is 6.07. The van der Waals surface area contributed by atoms with E-state index in [4.69, 9.17) is 17.4 Å². The lowest BCUT2D eigenvalue weighted by Crippen LogP contribution is -2.20. The molecule has 1 aliphatic rings. The Bertz CT molecular complexity index is 336. The van der Waals surface area contributed by atoms with Gasteiger partial charge < -0.3 is 5.43 Å². The van der Waals surface area contributed by atoms with Gasteiger partial charge in [-0.25, -0.2) is 10.8 Å². The van der Waals surface area contributed by atoms with Crippen LogP contribution in [0.25, 0.3) is 0 Å². The fourth-order valence-electron chi connectivity index (χ4n) is 1.83. The molecule has 82 valence electrons. The highest BCUT2D eigenvalue weighted by molar-refractivity contribution is 6.31. The SMILES string of the molecule is NNc1ccc(Cl)c(CN2CCCC2)n1. The molecule has 1 aromatic heterocycles. The summed E-state index contributed by atoms with van der Waals surface area (Å²) in [7, 11) is 0. The van der Waals surface area contributed by atoms with E-state index < -0.39 is 0 Å². The van der Waals surface area contributed by atoms with Gasteiger partial charge in [0.15, 0.2) is 0 Å². The lowest BCUT2D eigenvalue weighted by molar-refractivity contribution is 0.327. The van der Waals surface area contributed by atoms with Gasteiger partial charge in [-0.1, -0.05) is 11.6 Å². The Morgan fingerprint density at radius 3 is 2.80 bits per heavy atom. The number of halogens is 1. The van der Waals surface area contributed by atoms with Crippen molar-refractivity contribution in [2.75, 3.05) is 18.5 Å². The molecule has 0 radical (unpaired) electrons. The second kappa shape index (κ2) is 4.79. The highest BCUT2D eigenvalue weighted by Crippen LogP contribution is 2.20. The number of hydrogen-bond acceptors (Lipinski definition) is 4. The van der Waals surface area contributed by atoms with Crippen molar-refractivity contribution in [1.82, 2.24) is 9.88 Å². The average molecular weight is 227 g/mol. The number of nitrogens with two attached hydrogens (primary N) is 1. The number of anilines is 1. The molecule has 1 aromatic rings. The van der Waals surface area contributed by atoms with E-state index in [1.54, 1.807) is 6.07 Å². The third-order valence-corrected chi connectivity index (χ3v) is 2.98. The molecule has 0 unspecified atom stereocenters. The normalized spacial score (nSPS) is 16.9. The van der Waals surface area contributed by atoms with Crippen LogP contribution in [0.2, 0.25) is 5.02 Å². The number of pyridine rings is 1. The number of hydrogen-bond donors (Lipinski definition) is 2. The summed E-state index contributed by atoms with van der Waals surface area (Å²) in [5, 5.41) is 0.709. The van der Waals surface area contributed by atoms with Crippen LogP contribution in [0.3, 0.4) is 0 Å². The summed E-state index contributed by atoms with van der Waals surface area (Å²) in [6.45, 7) is 3.09. The molecule has 0 spiro atoms. The first kappa shape index (κ1) is 10.7. The Morgan fingerprint density at radius 1 is 1.40 bits per heavy atom. The summed E-state index contributed by atoms with van der Waals surface area (Å²) < 4.78 is 0. The van der Waals surface area contributed by atoms with Crippen molar-refractivity contribution < 1.29 is 0 Å². The smallest absolute Gasteiger partial charge is 0.140 e. The van der Waals surface area contributed by atoms with Crippen LogP contribution in [0.4, 0.5) is 5.82 Å². The van der Waals surface area contributed by atoms with E-state index in [-0.39, 0.29) is 0 Å². The Balaban J connectivity index is 2.11. The van der Waals surface area contributed by atoms with Gasteiger partial charge in [0.05, 0.1) is 10.7 Å². The Labute approximate surface area is 94.4 Å². The minimum Gasteiger partial charge on any atom is -0.308 e. The summed E-state index contributed by atoms with van der Waals surface area (Å²) >= 11 is 6.07. The molecular weight excluding hydrogens is 212 g/mol. The fourth-order valence-corrected chi connectivity index (χ4v) is 1.99. The molecule has 2 rings (SSSR count). The van der Waals surface area contributed by atoms with Crippen molar-refractivity contribution >= 4 is 17.4 Å². The molecule has 0 aliphatic carbocycles. The minimum absolute atomic E-state index is 0.661. The molecule has 0 amide bonds. The molecule has 0 bridgehead atoms. The number of nitrogen functional groups attached to an aromatic ring is 1. The summed E-state index contributed by atoms with van der Waals surface area (Å²) in [4.78, 5) is 6.70. The number of rotatable bonds is 3. The molecule has 1 fully saturated rings. The monoisotopic (exact) mass is 226 g/mol. The Kier molecular flexibility index (Phi) is 3.41. The summed E-state index contributed by atoms with van der Waals surface area (Å²) in [5.41, 5.74) is 3.43. The topological polar surface area (TPSA) is 54.2 Å². The minimum atomic E-state index is 0.661. The van der Waals surface area contributed by atoms with Gasteiger partial charge in [0.2, 0.25) is 0 Å². The molecule has 5 heteroatoms. The van der Waals surface area contributed by atoms with E-state index in [9.17, 15) is 0 Å². The Morgan fingerprint density at radius 2 is 2.13 bits per heavy atom. The molecular formula is C10H15ClN4. The van der Waals surface area contributed by atoms with E-state index >= 15 is 0 Å². The summed E-state index contributed by atoms with van der Waals surface area (Å²) in [6.07, 6.45) is 2.54. The maximum atomic E-state index is 6.07. The quantitative estimate of drug-likeness (QED) is 0.608. The van der Waals surface area contributed by atoms with E-state index in [0.717, 1.165) is 25.3 Å². The number of nitrogens with one attached hydrogen (secondary N) is 1. The molecule has 3 N–H and O–H groups in total. The van der Waals surface area contributed by atoms with Gasteiger partial charge in [0.1, 0.15) is 5.82 Å². The van der Waals surface area contributed by atoms with E-state index in [2.05, 4.69) is 15.3 Å². The van der Waals surface area contributed by atoms with Crippen molar-refractivity contribution in [3.63, 3.8) is 0 Å². The van der Waals surface area contributed by atoms with Crippen molar-refractivity contribution in [1.29, 1.82) is 0 Å². The van der Waals surface area contributed by atoms with Crippen molar-refractivity contribution in [2.24, 2.45) is 5.84 Å². The largest absolute Gasteiger partial charge is 0.308 e. The van der Waals surface area contributed by atoms with E-state index in [0.29, 0.717) is 10.8 Å². The van der Waals surface area contributed by atoms with Crippen LogP contribution in [-0.4, -0.2) is 23.0 Å². The lowest BCUT2D eigenvalue weighted by atomic mass is 10.3. The first-order valence-corrected chi connectivity index (χ1v) is 5.52. The zero-order chi connectivity index (χ0) is 10.7. The summed E-state index contributed by atoms with van der Waals surface area (Å²) in [5.74, 6) is 5.97. The standard InChI is InChI=1S/C10H15ClN4/c11-8-3-4-10(14-12)13-9(8)7-15-5-1-2-6-15/h3-4H,1-2,5-7,12H2,(H,13,14). The third-order valence-electron chi connectivity index (χ3n) is 2.64. The number of aromatic nitrogens is 1. The van der Waals surface area contributed by atoms with Crippen LogP contribution in [0.15, 0.2) is 12.1 Å². The van der Waals surface area contributed by atoms with Crippen molar-refractivity contribution in [3.05, 3.63) is 22.8 Å². The molecule has 2 heterocycles. The number of likely N-dealkylation sites (tertiary alicyclic amines) is 1. The van der Waals surface area contributed by atoms with Gasteiger partial charge in [0.25, 0.3) is 0 Å². The van der Waals surface area contributed by atoms with Crippen LogP contribution in [0, 0.1) is 0 Å². The van der Waals surface area contributed by atoms with Crippen LogP contribution in [-0.2, 0) is 6.54 Å². The average Bonchev–Trinajstić information content (AvgIpc) is 2.74. The molecule has 4 nitrogen and oxygen atoms in total. The third kappa shape index (κ3) is 2.59. The zero-order valence-electron chi connectivity index (χ0n) is 8.54. The highest BCUT2D eigenvalue weighted by Gasteiger charge is 2.14. The molecule has 15 heavy (non-hydrogen) atoms. The van der Waals surface area contributed by atoms with Crippen LogP contribution >= 0.6 is 11.6 Å². The summed E-state index contributed by atoms with van der Waals surface area (Å²) in [6, 6.07) is 3.60. The Hall–Kier alpha value is -0.840. The van der Waals surface area contributed by atoms with Crippen LogP contribution < -0.4 is 11.3 Å². The second-order valence-corrected chi connectivity index (χ2v) is 4.16. The first-order valence-electron chi connectivity index (χ1n) is 5.14. The number of nitrogens with zero attached hydrogens (tertiary/aromatic N) is 2. The van der Waals surface area contributed by atoms with Gasteiger partial charge in [-0.05, 0) is 38.1 Å². The molecule has 1 aliphatic heterocycles. The number of hydrazine groups is 1. The first-order chi connectivity index (χ1) is 7.29. The maximum Gasteiger partial charge on any atom is 0.140 e. The van der Waals surface area contributed by atoms with Gasteiger partial charge in [-0.2, -0.15) is 0 Å². The fraction of sp³-hybridized carbons (Fsp3) is 0.500. The van der Waals surface area contributed by atoms with Gasteiger partial charge in [-0.3, -0.25) is 4.90 Å². The van der Waals surface area contributed by atoms with Crippen molar-refractivity contribution in [3.8, 4) is 0 Å². The lowest BCUT2D eigenvalue weighted by Gasteiger charge is -2.15. The van der Waals surface area contributed by atoms with Gasteiger partial charge >= 0.3 is 0 Å². The highest BCUT2D eigenvalue weighted by atomic mass is 35.5. The molecule has 1 saturated heterocycles. The predicted octanol–water partition coefficient (Wildman–Crippen LogP) is 1.62. The van der Waals surface area contributed by atoms with E-state index in [1.165, 1.54) is 12.8 Å². The second-order valence-electron chi connectivity index (χ2n) is 3.75. The molecule has 0 aromatic carbocycles. The zero-order valence-corrected chi connectivity index (χ0v) is 9.30. The molecule has 0 atom stereocenters. The predicted molar refractivity (Wildman–Crippen MR) is 61.6 cm³/mol. The van der Waals surface area contributed by atoms with Crippen LogP contribution in [0.5, 0.6) is 0 Å². The van der Waals surface area contributed by atoms with Crippen LogP contribution in [0.1, 0.15) is 18.5 Å². The molecule has 0 saturated carbocycles. The van der Waals surface area contributed by atoms with Gasteiger partial charge in [-0.15, -0.1) is 0 Å². The van der Waals surface area contributed by atoms with Gasteiger partial charge in [0, 0.05) is 6.54 Å². The van der Waals surface area contributed by atoms with E-state index in [1.807, 2.05) is 6.07 Å². The van der Waals surface area contributed by atoms with Crippen molar-refractivity contribution in [2.45, 2.75) is 19.4 Å².